The SMILES string of the molecule is CCN(C)Cc1ccc(Br)c(OCc2ccccc2)c1. The topological polar surface area (TPSA) is 12.5 Å². The fraction of sp³-hybridized carbons (Fsp3) is 0.294. The van der Waals surface area contributed by atoms with Gasteiger partial charge in [0.2, 0.25) is 0 Å². The molecule has 0 aliphatic carbocycles. The zero-order valence-electron chi connectivity index (χ0n) is 12.0. The van der Waals surface area contributed by atoms with Crippen LogP contribution in [0.25, 0.3) is 0 Å². The molecule has 2 aromatic carbocycles. The highest BCUT2D eigenvalue weighted by Gasteiger charge is 2.05. The van der Waals surface area contributed by atoms with Gasteiger partial charge in [-0.3, -0.25) is 0 Å². The summed E-state index contributed by atoms with van der Waals surface area (Å²) < 4.78 is 6.91. The average Bonchev–Trinajstić information content (AvgIpc) is 2.48. The summed E-state index contributed by atoms with van der Waals surface area (Å²) in [5.74, 6) is 0.899. The Labute approximate surface area is 129 Å². The summed E-state index contributed by atoms with van der Waals surface area (Å²) in [4.78, 5) is 2.27. The number of rotatable bonds is 6. The standard InChI is InChI=1S/C17H20BrNO/c1-3-19(2)12-15-9-10-16(18)17(11-15)20-13-14-7-5-4-6-8-14/h4-11H,3,12-13H2,1-2H3. The lowest BCUT2D eigenvalue weighted by molar-refractivity contribution is 0.302. The Balaban J connectivity index is 2.05. The van der Waals surface area contributed by atoms with Gasteiger partial charge in [-0.1, -0.05) is 43.3 Å². The van der Waals surface area contributed by atoms with Gasteiger partial charge >= 0.3 is 0 Å². The second-order valence-corrected chi connectivity index (χ2v) is 5.72. The molecule has 0 aliphatic rings. The van der Waals surface area contributed by atoms with Gasteiger partial charge in [-0.25, -0.2) is 0 Å². The smallest absolute Gasteiger partial charge is 0.134 e. The molecule has 0 atom stereocenters. The number of halogens is 1. The molecule has 0 aliphatic heterocycles. The lowest BCUT2D eigenvalue weighted by atomic mass is 10.2. The number of hydrogen-bond donors (Lipinski definition) is 0. The van der Waals surface area contributed by atoms with E-state index in [1.807, 2.05) is 18.2 Å². The summed E-state index contributed by atoms with van der Waals surface area (Å²) >= 11 is 3.55. The Kier molecular flexibility index (Phi) is 5.62. The van der Waals surface area contributed by atoms with Gasteiger partial charge in [-0.2, -0.15) is 0 Å². The highest BCUT2D eigenvalue weighted by atomic mass is 79.9. The molecule has 0 spiro atoms. The van der Waals surface area contributed by atoms with Crippen molar-refractivity contribution in [1.82, 2.24) is 4.90 Å². The Morgan fingerprint density at radius 2 is 1.80 bits per heavy atom. The van der Waals surface area contributed by atoms with Gasteiger partial charge in [0.15, 0.2) is 0 Å². The molecule has 0 radical (unpaired) electrons. The van der Waals surface area contributed by atoms with Gasteiger partial charge in [0.05, 0.1) is 4.47 Å². The van der Waals surface area contributed by atoms with Gasteiger partial charge < -0.3 is 9.64 Å². The molecular weight excluding hydrogens is 314 g/mol. The molecule has 2 rings (SSSR count). The van der Waals surface area contributed by atoms with Crippen molar-refractivity contribution < 1.29 is 4.74 Å². The van der Waals surface area contributed by atoms with Crippen LogP contribution in [-0.4, -0.2) is 18.5 Å². The van der Waals surface area contributed by atoms with Crippen LogP contribution in [0.4, 0.5) is 0 Å². The fourth-order valence-corrected chi connectivity index (χ4v) is 2.28. The minimum atomic E-state index is 0.590. The molecule has 20 heavy (non-hydrogen) atoms. The summed E-state index contributed by atoms with van der Waals surface area (Å²) in [7, 11) is 2.12. The lowest BCUT2D eigenvalue weighted by Crippen LogP contribution is -2.16. The Morgan fingerprint density at radius 1 is 1.05 bits per heavy atom. The van der Waals surface area contributed by atoms with Crippen molar-refractivity contribution >= 4 is 15.9 Å². The second-order valence-electron chi connectivity index (χ2n) is 4.87. The van der Waals surface area contributed by atoms with E-state index in [4.69, 9.17) is 4.74 Å². The highest BCUT2D eigenvalue weighted by Crippen LogP contribution is 2.27. The first kappa shape index (κ1) is 15.1. The monoisotopic (exact) mass is 333 g/mol. The summed E-state index contributed by atoms with van der Waals surface area (Å²) in [6, 6.07) is 16.5. The third kappa shape index (κ3) is 4.36. The zero-order valence-corrected chi connectivity index (χ0v) is 13.6. The van der Waals surface area contributed by atoms with Crippen LogP contribution >= 0.6 is 15.9 Å². The van der Waals surface area contributed by atoms with Crippen LogP contribution in [0.3, 0.4) is 0 Å². The van der Waals surface area contributed by atoms with E-state index in [1.54, 1.807) is 0 Å². The molecule has 0 heterocycles. The predicted molar refractivity (Wildman–Crippen MR) is 86.9 cm³/mol. The van der Waals surface area contributed by atoms with Gasteiger partial charge in [-0.05, 0) is 52.8 Å². The Morgan fingerprint density at radius 3 is 2.50 bits per heavy atom. The fourth-order valence-electron chi connectivity index (χ4n) is 1.92. The summed E-state index contributed by atoms with van der Waals surface area (Å²) in [6.07, 6.45) is 0. The van der Waals surface area contributed by atoms with Crippen LogP contribution in [0, 0.1) is 0 Å². The molecule has 2 nitrogen and oxygen atoms in total. The molecule has 0 N–H and O–H groups in total. The van der Waals surface area contributed by atoms with Gasteiger partial charge in [-0.15, -0.1) is 0 Å². The van der Waals surface area contributed by atoms with Gasteiger partial charge in [0, 0.05) is 6.54 Å². The van der Waals surface area contributed by atoms with E-state index >= 15 is 0 Å². The molecule has 0 saturated heterocycles. The van der Waals surface area contributed by atoms with Crippen molar-refractivity contribution in [3.8, 4) is 5.75 Å². The number of ether oxygens (including phenoxy) is 1. The molecule has 2 aromatic rings. The molecule has 0 saturated carbocycles. The van der Waals surface area contributed by atoms with E-state index < -0.39 is 0 Å². The Hall–Kier alpha value is -1.32. The highest BCUT2D eigenvalue weighted by molar-refractivity contribution is 9.10. The quantitative estimate of drug-likeness (QED) is 0.772. The van der Waals surface area contributed by atoms with E-state index in [0.29, 0.717) is 6.61 Å². The van der Waals surface area contributed by atoms with Crippen molar-refractivity contribution in [1.29, 1.82) is 0 Å². The summed E-state index contributed by atoms with van der Waals surface area (Å²) in [5, 5.41) is 0. The van der Waals surface area contributed by atoms with E-state index in [-0.39, 0.29) is 0 Å². The second kappa shape index (κ2) is 7.46. The summed E-state index contributed by atoms with van der Waals surface area (Å²) in [6.45, 7) is 4.72. The summed E-state index contributed by atoms with van der Waals surface area (Å²) in [5.41, 5.74) is 2.44. The van der Waals surface area contributed by atoms with Crippen LogP contribution in [0.2, 0.25) is 0 Å². The van der Waals surface area contributed by atoms with Crippen molar-refractivity contribution in [3.63, 3.8) is 0 Å². The van der Waals surface area contributed by atoms with E-state index in [1.165, 1.54) is 11.1 Å². The number of benzene rings is 2. The van der Waals surface area contributed by atoms with Crippen LogP contribution in [-0.2, 0) is 13.2 Å². The molecule has 0 bridgehead atoms. The first-order valence-electron chi connectivity index (χ1n) is 6.82. The van der Waals surface area contributed by atoms with Crippen molar-refractivity contribution in [2.45, 2.75) is 20.1 Å². The van der Waals surface area contributed by atoms with Crippen LogP contribution in [0.1, 0.15) is 18.1 Å². The molecule has 106 valence electrons. The van der Waals surface area contributed by atoms with Crippen molar-refractivity contribution in [3.05, 3.63) is 64.1 Å². The maximum absolute atomic E-state index is 5.91. The Bertz CT molecular complexity index is 542. The molecular formula is C17H20BrNO. The molecule has 0 amide bonds. The number of hydrogen-bond acceptors (Lipinski definition) is 2. The third-order valence-electron chi connectivity index (χ3n) is 3.23. The van der Waals surface area contributed by atoms with Crippen molar-refractivity contribution in [2.24, 2.45) is 0 Å². The first-order valence-corrected chi connectivity index (χ1v) is 7.62. The van der Waals surface area contributed by atoms with Crippen LogP contribution in [0.15, 0.2) is 53.0 Å². The van der Waals surface area contributed by atoms with E-state index in [0.717, 1.165) is 23.3 Å². The first-order chi connectivity index (χ1) is 9.69. The molecule has 0 unspecified atom stereocenters. The normalized spacial score (nSPS) is 10.8. The molecule has 0 fully saturated rings. The lowest BCUT2D eigenvalue weighted by Gasteiger charge is -2.15. The maximum Gasteiger partial charge on any atom is 0.134 e. The predicted octanol–water partition coefficient (Wildman–Crippen LogP) is 4.48. The minimum absolute atomic E-state index is 0.590. The van der Waals surface area contributed by atoms with Crippen LogP contribution < -0.4 is 4.74 Å². The minimum Gasteiger partial charge on any atom is -0.488 e. The maximum atomic E-state index is 5.91. The van der Waals surface area contributed by atoms with Crippen LogP contribution in [0.5, 0.6) is 5.75 Å². The number of nitrogens with zero attached hydrogens (tertiary/aromatic N) is 1. The van der Waals surface area contributed by atoms with E-state index in [2.05, 4.69) is 65.1 Å². The van der Waals surface area contributed by atoms with Gasteiger partial charge in [0.1, 0.15) is 12.4 Å². The van der Waals surface area contributed by atoms with Gasteiger partial charge in [0.25, 0.3) is 0 Å². The average molecular weight is 334 g/mol. The molecule has 3 heteroatoms. The van der Waals surface area contributed by atoms with E-state index in [9.17, 15) is 0 Å². The zero-order chi connectivity index (χ0) is 14.4. The third-order valence-corrected chi connectivity index (χ3v) is 3.88. The molecule has 0 aromatic heterocycles. The largest absolute Gasteiger partial charge is 0.488 e. The van der Waals surface area contributed by atoms with Crippen molar-refractivity contribution in [2.75, 3.05) is 13.6 Å².